The predicted molar refractivity (Wildman–Crippen MR) is 107 cm³/mol. The Balaban J connectivity index is 1.31. The van der Waals surface area contributed by atoms with Crippen molar-refractivity contribution in [2.75, 3.05) is 0 Å². The molecule has 1 unspecified atom stereocenters. The van der Waals surface area contributed by atoms with Crippen molar-refractivity contribution in [3.63, 3.8) is 0 Å². The van der Waals surface area contributed by atoms with Gasteiger partial charge < -0.3 is 10.2 Å². The van der Waals surface area contributed by atoms with Gasteiger partial charge in [0.25, 0.3) is 0 Å². The predicted octanol–water partition coefficient (Wildman–Crippen LogP) is 4.50. The van der Waals surface area contributed by atoms with Crippen molar-refractivity contribution in [3.05, 3.63) is 65.0 Å². The van der Waals surface area contributed by atoms with Gasteiger partial charge in [-0.15, -0.1) is 0 Å². The molecule has 2 aliphatic heterocycles. The molecule has 7 heteroatoms. The van der Waals surface area contributed by atoms with Crippen molar-refractivity contribution in [1.82, 2.24) is 20.2 Å². The molecule has 1 aromatic rings. The van der Waals surface area contributed by atoms with Crippen LogP contribution in [0, 0.1) is 5.82 Å². The number of halogens is 2. The van der Waals surface area contributed by atoms with Crippen molar-refractivity contribution in [2.24, 2.45) is 5.10 Å². The second kappa shape index (κ2) is 7.28. The lowest BCUT2D eigenvalue weighted by molar-refractivity contribution is 0.176. The van der Waals surface area contributed by atoms with Gasteiger partial charge in [-0.05, 0) is 62.8 Å². The number of pyridine rings is 1. The monoisotopic (exact) mass is 397 g/mol. The number of hydrogen-bond acceptors (Lipinski definition) is 5. The second-order valence-electron chi connectivity index (χ2n) is 8.21. The van der Waals surface area contributed by atoms with Crippen molar-refractivity contribution in [1.29, 1.82) is 0 Å². The van der Waals surface area contributed by atoms with Crippen molar-refractivity contribution in [2.45, 2.75) is 63.5 Å². The van der Waals surface area contributed by atoms with E-state index in [1.165, 1.54) is 11.6 Å². The van der Waals surface area contributed by atoms with E-state index in [1.54, 1.807) is 18.3 Å². The van der Waals surface area contributed by atoms with Crippen molar-refractivity contribution < 1.29 is 8.78 Å². The summed E-state index contributed by atoms with van der Waals surface area (Å²) in [5.74, 6) is 0.878. The lowest BCUT2D eigenvalue weighted by atomic mass is 9.83. The Morgan fingerprint density at radius 3 is 2.76 bits per heavy atom. The van der Waals surface area contributed by atoms with E-state index in [-0.39, 0.29) is 29.6 Å². The van der Waals surface area contributed by atoms with Crippen LogP contribution in [0.1, 0.15) is 57.1 Å². The molecule has 1 atom stereocenters. The zero-order valence-corrected chi connectivity index (χ0v) is 16.5. The summed E-state index contributed by atoms with van der Waals surface area (Å²) < 4.78 is 27.9. The Bertz CT molecular complexity index is 927. The molecule has 1 aromatic heterocycles. The summed E-state index contributed by atoms with van der Waals surface area (Å²) in [6, 6.07) is 3.52. The van der Waals surface area contributed by atoms with Gasteiger partial charge in [-0.2, -0.15) is 5.10 Å². The van der Waals surface area contributed by atoms with Crippen LogP contribution in [0.5, 0.6) is 0 Å². The maximum atomic E-state index is 14.1. The van der Waals surface area contributed by atoms with Crippen LogP contribution in [0.15, 0.2) is 58.6 Å². The Morgan fingerprint density at radius 2 is 1.97 bits per heavy atom. The summed E-state index contributed by atoms with van der Waals surface area (Å²) in [4.78, 5) is 6.43. The van der Waals surface area contributed by atoms with Crippen molar-refractivity contribution in [3.8, 4) is 0 Å². The van der Waals surface area contributed by atoms with Gasteiger partial charge in [0.15, 0.2) is 0 Å². The maximum absolute atomic E-state index is 14.1. The van der Waals surface area contributed by atoms with Crippen LogP contribution in [0.25, 0.3) is 0 Å². The van der Waals surface area contributed by atoms with Gasteiger partial charge in [0.05, 0.1) is 17.8 Å². The van der Waals surface area contributed by atoms with Crippen LogP contribution >= 0.6 is 0 Å². The van der Waals surface area contributed by atoms with E-state index < -0.39 is 0 Å². The lowest BCUT2D eigenvalue weighted by Crippen LogP contribution is -2.38. The number of allylic oxidation sites excluding steroid dienone is 2. The van der Waals surface area contributed by atoms with E-state index in [0.29, 0.717) is 12.1 Å². The zero-order valence-electron chi connectivity index (χ0n) is 16.5. The van der Waals surface area contributed by atoms with E-state index in [1.807, 2.05) is 12.5 Å². The molecule has 2 aliphatic carbocycles. The molecule has 1 N–H and O–H groups in total. The number of nitrogens with zero attached hydrogens (tertiary/aromatic N) is 4. The number of rotatable bonds is 2. The van der Waals surface area contributed by atoms with Crippen LogP contribution in [-0.2, 0) is 0 Å². The average molecular weight is 397 g/mol. The molecule has 0 spiro atoms. The fourth-order valence-electron chi connectivity index (χ4n) is 4.95. The Hall–Kier alpha value is -2.70. The second-order valence-corrected chi connectivity index (χ2v) is 8.21. The van der Waals surface area contributed by atoms with E-state index in [4.69, 9.17) is 0 Å². The molecule has 4 aliphatic rings. The zero-order chi connectivity index (χ0) is 20.0. The van der Waals surface area contributed by atoms with Crippen LogP contribution in [0.2, 0.25) is 0 Å². The minimum absolute atomic E-state index is 0.0745. The molecule has 5 rings (SSSR count). The Kier molecular flexibility index (Phi) is 4.60. The first kappa shape index (κ1) is 18.3. The molecule has 0 amide bonds. The molecular formula is C22H25F2N5. The SMILES string of the molecule is CC1C2=C(C=C(F)CC2)NC=C2N1C=NN2[C@H]1CC[C@H](c2ncccc2F)CC1. The summed E-state index contributed by atoms with van der Waals surface area (Å²) in [7, 11) is 0. The van der Waals surface area contributed by atoms with Crippen molar-refractivity contribution >= 4 is 6.34 Å². The molecule has 29 heavy (non-hydrogen) atoms. The van der Waals surface area contributed by atoms with Crippen LogP contribution < -0.4 is 5.32 Å². The highest BCUT2D eigenvalue weighted by atomic mass is 19.1. The molecule has 3 heterocycles. The van der Waals surface area contributed by atoms with E-state index in [0.717, 1.165) is 43.6 Å². The number of hydrazone groups is 1. The highest BCUT2D eigenvalue weighted by molar-refractivity contribution is 5.63. The molecule has 1 fully saturated rings. The normalized spacial score (nSPS) is 29.0. The molecule has 5 nitrogen and oxygen atoms in total. The van der Waals surface area contributed by atoms with Crippen LogP contribution in [0.4, 0.5) is 8.78 Å². The van der Waals surface area contributed by atoms with E-state index in [2.05, 4.69) is 32.2 Å². The molecule has 1 saturated carbocycles. The fraction of sp³-hybridized carbons (Fsp3) is 0.455. The standard InChI is InChI=1S/C22H25F2N5/c1-14-18-9-6-16(23)11-20(18)26-12-21-28(14)13-27-29(21)17-7-4-15(5-8-17)22-19(24)3-2-10-25-22/h2-3,10-15,17,26H,4-9H2,1H3/t14?,15-,17-. The third-order valence-corrected chi connectivity index (χ3v) is 6.57. The average Bonchev–Trinajstić information content (AvgIpc) is 3.11. The van der Waals surface area contributed by atoms with Crippen LogP contribution in [0.3, 0.4) is 0 Å². The largest absolute Gasteiger partial charge is 0.358 e. The highest BCUT2D eigenvalue weighted by Crippen LogP contribution is 2.39. The highest BCUT2D eigenvalue weighted by Gasteiger charge is 2.37. The summed E-state index contributed by atoms with van der Waals surface area (Å²) in [5, 5.41) is 10.1. The minimum Gasteiger partial charge on any atom is -0.358 e. The quantitative estimate of drug-likeness (QED) is 0.798. The molecular weight excluding hydrogens is 372 g/mol. The van der Waals surface area contributed by atoms with E-state index >= 15 is 0 Å². The number of nitrogens with one attached hydrogen (secondary N) is 1. The lowest BCUT2D eigenvalue weighted by Gasteiger charge is -2.35. The smallest absolute Gasteiger partial charge is 0.147 e. The number of fused-ring (bicyclic) bond motifs is 1. The third-order valence-electron chi connectivity index (χ3n) is 6.57. The Labute approximate surface area is 169 Å². The molecule has 0 radical (unpaired) electrons. The van der Waals surface area contributed by atoms with E-state index in [9.17, 15) is 8.78 Å². The summed E-state index contributed by atoms with van der Waals surface area (Å²) in [5.41, 5.74) is 2.67. The molecule has 0 aromatic carbocycles. The van der Waals surface area contributed by atoms with Gasteiger partial charge in [0.1, 0.15) is 23.8 Å². The maximum Gasteiger partial charge on any atom is 0.147 e. The van der Waals surface area contributed by atoms with Gasteiger partial charge >= 0.3 is 0 Å². The number of aromatic nitrogens is 1. The first-order valence-electron chi connectivity index (χ1n) is 10.4. The van der Waals surface area contributed by atoms with Gasteiger partial charge in [-0.25, -0.2) is 13.8 Å². The number of hydrogen-bond donors (Lipinski definition) is 1. The Morgan fingerprint density at radius 1 is 1.14 bits per heavy atom. The first-order chi connectivity index (χ1) is 14.1. The molecule has 0 saturated heterocycles. The fourth-order valence-corrected chi connectivity index (χ4v) is 4.95. The third kappa shape index (κ3) is 3.22. The van der Waals surface area contributed by atoms with Gasteiger partial charge in [-0.3, -0.25) is 4.98 Å². The first-order valence-corrected chi connectivity index (χ1v) is 10.4. The topological polar surface area (TPSA) is 43.8 Å². The minimum atomic E-state index is -0.206. The summed E-state index contributed by atoms with van der Waals surface area (Å²) in [6.07, 6.45) is 11.9. The summed E-state index contributed by atoms with van der Waals surface area (Å²) in [6.45, 7) is 2.14. The van der Waals surface area contributed by atoms with Crippen LogP contribution in [-0.4, -0.2) is 33.3 Å². The van der Waals surface area contributed by atoms with Gasteiger partial charge in [-0.1, -0.05) is 0 Å². The van der Waals surface area contributed by atoms with Gasteiger partial charge in [0.2, 0.25) is 0 Å². The van der Waals surface area contributed by atoms with Gasteiger partial charge in [0, 0.05) is 30.4 Å². The molecule has 152 valence electrons. The molecule has 0 bridgehead atoms. The summed E-state index contributed by atoms with van der Waals surface area (Å²) >= 11 is 0.